The summed E-state index contributed by atoms with van der Waals surface area (Å²) in [6.45, 7) is 1.44. The van der Waals surface area contributed by atoms with Gasteiger partial charge >= 0.3 is 0 Å². The Kier molecular flexibility index (Phi) is 4.42. The minimum Gasteiger partial charge on any atom is -0.497 e. The molecule has 0 aliphatic carbocycles. The van der Waals surface area contributed by atoms with E-state index in [1.54, 1.807) is 7.11 Å². The van der Waals surface area contributed by atoms with Crippen LogP contribution in [0.25, 0.3) is 0 Å². The third-order valence-corrected chi connectivity index (χ3v) is 3.89. The van der Waals surface area contributed by atoms with Gasteiger partial charge in [0.15, 0.2) is 0 Å². The Hall–Kier alpha value is -0.580. The van der Waals surface area contributed by atoms with Gasteiger partial charge in [-0.3, -0.25) is 0 Å². The van der Waals surface area contributed by atoms with Crippen molar-refractivity contribution < 1.29 is 14.6 Å². The Labute approximate surface area is 110 Å². The number of ether oxygens (including phenoxy) is 2. The number of rotatable bonds is 3. The Morgan fingerprint density at radius 3 is 3.00 bits per heavy atom. The van der Waals surface area contributed by atoms with Gasteiger partial charge in [-0.15, -0.1) is 0 Å². The van der Waals surface area contributed by atoms with Gasteiger partial charge in [-0.25, -0.2) is 0 Å². The zero-order chi connectivity index (χ0) is 12.3. The summed E-state index contributed by atoms with van der Waals surface area (Å²) in [6, 6.07) is 5.65. The first kappa shape index (κ1) is 12.9. The van der Waals surface area contributed by atoms with Crippen LogP contribution in [0.1, 0.15) is 24.5 Å². The minimum atomic E-state index is -0.500. The average Bonchev–Trinajstić information content (AvgIpc) is 2.39. The molecule has 17 heavy (non-hydrogen) atoms. The molecule has 1 aromatic carbocycles. The monoisotopic (exact) mass is 300 g/mol. The molecule has 0 radical (unpaired) electrons. The van der Waals surface area contributed by atoms with Gasteiger partial charge in [0.25, 0.3) is 0 Å². The quantitative estimate of drug-likeness (QED) is 0.933. The smallest absolute Gasteiger partial charge is 0.119 e. The summed E-state index contributed by atoms with van der Waals surface area (Å²) in [6.07, 6.45) is 1.52. The van der Waals surface area contributed by atoms with Crippen LogP contribution in [0.5, 0.6) is 5.75 Å². The lowest BCUT2D eigenvalue weighted by molar-refractivity contribution is -0.0103. The first-order valence-electron chi connectivity index (χ1n) is 5.81. The van der Waals surface area contributed by atoms with Crippen molar-refractivity contribution in [2.24, 2.45) is 5.92 Å². The summed E-state index contributed by atoms with van der Waals surface area (Å²) in [5, 5.41) is 10.4. The van der Waals surface area contributed by atoms with Crippen LogP contribution in [0.3, 0.4) is 0 Å². The molecule has 1 fully saturated rings. The van der Waals surface area contributed by atoms with E-state index < -0.39 is 6.10 Å². The molecular weight excluding hydrogens is 284 g/mol. The molecule has 2 unspecified atom stereocenters. The standard InChI is InChI=1S/C13H17BrO3/c1-16-10-4-5-12(14)11(7-10)13(15)9-3-2-6-17-8-9/h4-5,7,9,13,15H,2-3,6,8H2,1H3. The second kappa shape index (κ2) is 5.85. The van der Waals surface area contributed by atoms with E-state index in [4.69, 9.17) is 9.47 Å². The lowest BCUT2D eigenvalue weighted by Crippen LogP contribution is -2.23. The molecule has 0 aromatic heterocycles. The van der Waals surface area contributed by atoms with Gasteiger partial charge < -0.3 is 14.6 Å². The van der Waals surface area contributed by atoms with Crippen LogP contribution in [0.2, 0.25) is 0 Å². The Morgan fingerprint density at radius 2 is 2.35 bits per heavy atom. The van der Waals surface area contributed by atoms with E-state index in [2.05, 4.69) is 15.9 Å². The number of hydrogen-bond acceptors (Lipinski definition) is 3. The maximum atomic E-state index is 10.4. The Balaban J connectivity index is 2.19. The number of hydrogen-bond donors (Lipinski definition) is 1. The molecule has 0 saturated carbocycles. The van der Waals surface area contributed by atoms with E-state index in [1.165, 1.54) is 0 Å². The fourth-order valence-corrected chi connectivity index (χ4v) is 2.63. The van der Waals surface area contributed by atoms with Gasteiger partial charge in [-0.05, 0) is 36.6 Å². The van der Waals surface area contributed by atoms with Crippen molar-refractivity contribution in [1.29, 1.82) is 0 Å². The third kappa shape index (κ3) is 3.00. The summed E-state index contributed by atoms with van der Waals surface area (Å²) >= 11 is 3.47. The number of halogens is 1. The highest BCUT2D eigenvalue weighted by Crippen LogP contribution is 2.34. The summed E-state index contributed by atoms with van der Waals surface area (Å²) in [4.78, 5) is 0. The molecule has 2 rings (SSSR count). The first-order valence-corrected chi connectivity index (χ1v) is 6.61. The first-order chi connectivity index (χ1) is 8.22. The van der Waals surface area contributed by atoms with Crippen molar-refractivity contribution in [3.05, 3.63) is 28.2 Å². The molecule has 1 aromatic rings. The molecule has 1 saturated heterocycles. The molecule has 1 aliphatic heterocycles. The molecule has 0 spiro atoms. The molecule has 4 heteroatoms. The van der Waals surface area contributed by atoms with Crippen LogP contribution in [-0.2, 0) is 4.74 Å². The highest BCUT2D eigenvalue weighted by Gasteiger charge is 2.25. The highest BCUT2D eigenvalue weighted by atomic mass is 79.9. The number of methoxy groups -OCH3 is 1. The molecule has 1 heterocycles. The molecule has 3 nitrogen and oxygen atoms in total. The van der Waals surface area contributed by atoms with E-state index in [0.717, 1.165) is 35.2 Å². The van der Waals surface area contributed by atoms with Crippen LogP contribution in [0.15, 0.2) is 22.7 Å². The van der Waals surface area contributed by atoms with E-state index in [9.17, 15) is 5.11 Å². The van der Waals surface area contributed by atoms with Crippen LogP contribution in [0.4, 0.5) is 0 Å². The summed E-state index contributed by atoms with van der Waals surface area (Å²) in [5.74, 6) is 0.936. The lowest BCUT2D eigenvalue weighted by Gasteiger charge is -2.27. The summed E-state index contributed by atoms with van der Waals surface area (Å²) in [7, 11) is 1.63. The lowest BCUT2D eigenvalue weighted by atomic mass is 9.91. The van der Waals surface area contributed by atoms with Gasteiger partial charge in [-0.2, -0.15) is 0 Å². The van der Waals surface area contributed by atoms with Gasteiger partial charge in [-0.1, -0.05) is 15.9 Å². The second-order valence-electron chi connectivity index (χ2n) is 4.31. The van der Waals surface area contributed by atoms with Gasteiger partial charge in [0, 0.05) is 17.0 Å². The average molecular weight is 301 g/mol. The molecule has 0 bridgehead atoms. The number of benzene rings is 1. The predicted octanol–water partition coefficient (Wildman–Crippen LogP) is 2.92. The highest BCUT2D eigenvalue weighted by molar-refractivity contribution is 9.10. The van der Waals surface area contributed by atoms with E-state index in [0.29, 0.717) is 6.61 Å². The van der Waals surface area contributed by atoms with Crippen molar-refractivity contribution in [3.8, 4) is 5.75 Å². The largest absolute Gasteiger partial charge is 0.497 e. The topological polar surface area (TPSA) is 38.7 Å². The number of aliphatic hydroxyl groups excluding tert-OH is 1. The van der Waals surface area contributed by atoms with Crippen molar-refractivity contribution in [2.45, 2.75) is 18.9 Å². The van der Waals surface area contributed by atoms with Gasteiger partial charge in [0.1, 0.15) is 5.75 Å². The van der Waals surface area contributed by atoms with Crippen molar-refractivity contribution in [2.75, 3.05) is 20.3 Å². The zero-order valence-corrected chi connectivity index (χ0v) is 11.4. The van der Waals surface area contributed by atoms with Gasteiger partial charge in [0.2, 0.25) is 0 Å². The van der Waals surface area contributed by atoms with Crippen LogP contribution in [-0.4, -0.2) is 25.4 Å². The third-order valence-electron chi connectivity index (χ3n) is 3.16. The maximum Gasteiger partial charge on any atom is 0.119 e. The van der Waals surface area contributed by atoms with E-state index in [-0.39, 0.29) is 5.92 Å². The molecular formula is C13H17BrO3. The maximum absolute atomic E-state index is 10.4. The van der Waals surface area contributed by atoms with E-state index in [1.807, 2.05) is 18.2 Å². The molecule has 94 valence electrons. The van der Waals surface area contributed by atoms with E-state index >= 15 is 0 Å². The Bertz CT molecular complexity index is 375. The van der Waals surface area contributed by atoms with Crippen LogP contribution in [0, 0.1) is 5.92 Å². The Morgan fingerprint density at radius 1 is 1.53 bits per heavy atom. The molecule has 0 amide bonds. The SMILES string of the molecule is COc1ccc(Br)c(C(O)C2CCCOC2)c1. The van der Waals surface area contributed by atoms with Crippen molar-refractivity contribution in [1.82, 2.24) is 0 Å². The van der Waals surface area contributed by atoms with Gasteiger partial charge in [0.05, 0.1) is 19.8 Å². The molecule has 2 atom stereocenters. The van der Waals surface area contributed by atoms with Crippen molar-refractivity contribution in [3.63, 3.8) is 0 Å². The normalized spacial score (nSPS) is 22.2. The minimum absolute atomic E-state index is 0.173. The fourth-order valence-electron chi connectivity index (χ4n) is 2.14. The molecule has 1 aliphatic rings. The fraction of sp³-hybridized carbons (Fsp3) is 0.538. The zero-order valence-electron chi connectivity index (χ0n) is 9.86. The van der Waals surface area contributed by atoms with Crippen LogP contribution >= 0.6 is 15.9 Å². The van der Waals surface area contributed by atoms with Crippen molar-refractivity contribution >= 4 is 15.9 Å². The van der Waals surface area contributed by atoms with Crippen LogP contribution < -0.4 is 4.74 Å². The summed E-state index contributed by atoms with van der Waals surface area (Å²) < 4.78 is 11.5. The number of aliphatic hydroxyl groups is 1. The molecule has 1 N–H and O–H groups in total. The summed E-state index contributed by atoms with van der Waals surface area (Å²) in [5.41, 5.74) is 0.875. The second-order valence-corrected chi connectivity index (χ2v) is 5.16. The predicted molar refractivity (Wildman–Crippen MR) is 69.2 cm³/mol.